The van der Waals surface area contributed by atoms with Gasteiger partial charge >= 0.3 is 6.03 Å². The molecule has 0 radical (unpaired) electrons. The van der Waals surface area contributed by atoms with Crippen molar-refractivity contribution >= 4 is 57.1 Å². The van der Waals surface area contributed by atoms with Gasteiger partial charge in [0.25, 0.3) is 11.8 Å². The predicted octanol–water partition coefficient (Wildman–Crippen LogP) is 5.24. The number of barbiturate groups is 1. The Morgan fingerprint density at radius 3 is 2.21 bits per heavy atom. The fourth-order valence-electron chi connectivity index (χ4n) is 3.59. The molecule has 1 aliphatic heterocycles. The maximum absolute atomic E-state index is 13.1. The number of rotatable bonds is 9. The Kier molecular flexibility index (Phi) is 8.55. The first-order chi connectivity index (χ1) is 18.3. The van der Waals surface area contributed by atoms with Gasteiger partial charge in [-0.2, -0.15) is 0 Å². The summed E-state index contributed by atoms with van der Waals surface area (Å²) < 4.78 is 22.7. The Bertz CT molecular complexity index is 1390. The normalized spacial score (nSPS) is 14.4. The molecule has 0 aliphatic carbocycles. The number of urea groups is 1. The number of methoxy groups -OCH3 is 2. The molecule has 4 amide bonds. The fourth-order valence-corrected chi connectivity index (χ4v) is 4.29. The summed E-state index contributed by atoms with van der Waals surface area (Å²) in [7, 11) is 3.06. The van der Waals surface area contributed by atoms with Crippen molar-refractivity contribution in [2.45, 2.75) is 0 Å². The van der Waals surface area contributed by atoms with Crippen molar-refractivity contribution in [2.24, 2.45) is 0 Å². The second kappa shape index (κ2) is 12.0. The molecule has 1 aliphatic rings. The lowest BCUT2D eigenvalue weighted by molar-refractivity contribution is -0.122. The Morgan fingerprint density at radius 2 is 1.55 bits per heavy atom. The number of nitrogens with zero attached hydrogens (tertiary/aromatic N) is 1. The van der Waals surface area contributed by atoms with E-state index in [0.717, 1.165) is 10.6 Å². The monoisotopic (exact) mass is 600 g/mol. The highest BCUT2D eigenvalue weighted by Gasteiger charge is 2.36. The maximum atomic E-state index is 13.1. The van der Waals surface area contributed by atoms with Gasteiger partial charge in [0.2, 0.25) is 0 Å². The highest BCUT2D eigenvalue weighted by atomic mass is 79.9. The largest absolute Gasteiger partial charge is 0.497 e. The van der Waals surface area contributed by atoms with E-state index in [-0.39, 0.29) is 24.5 Å². The van der Waals surface area contributed by atoms with Crippen molar-refractivity contribution in [1.29, 1.82) is 0 Å². The predicted molar refractivity (Wildman–Crippen MR) is 145 cm³/mol. The number of halogens is 2. The topological polar surface area (TPSA) is 103 Å². The van der Waals surface area contributed by atoms with Gasteiger partial charge in [-0.05, 0) is 88.2 Å². The van der Waals surface area contributed by atoms with Gasteiger partial charge in [0.15, 0.2) is 11.5 Å². The van der Waals surface area contributed by atoms with E-state index in [1.165, 1.54) is 25.3 Å². The minimum absolute atomic E-state index is 0.223. The second-order valence-electron chi connectivity index (χ2n) is 7.84. The van der Waals surface area contributed by atoms with Crippen molar-refractivity contribution in [3.63, 3.8) is 0 Å². The van der Waals surface area contributed by atoms with Gasteiger partial charge < -0.3 is 18.9 Å². The van der Waals surface area contributed by atoms with Crippen molar-refractivity contribution < 1.29 is 33.3 Å². The summed E-state index contributed by atoms with van der Waals surface area (Å²) in [5, 5.41) is 2.63. The maximum Gasteiger partial charge on any atom is 0.335 e. The Hall–Kier alpha value is -4.02. The molecule has 0 spiro atoms. The van der Waals surface area contributed by atoms with Crippen molar-refractivity contribution in [3.8, 4) is 23.0 Å². The van der Waals surface area contributed by atoms with E-state index in [9.17, 15) is 14.4 Å². The molecule has 4 rings (SSSR count). The van der Waals surface area contributed by atoms with Gasteiger partial charge in [0.1, 0.15) is 30.3 Å². The summed E-state index contributed by atoms with van der Waals surface area (Å²) in [6, 6.07) is 15.7. The minimum atomic E-state index is -0.848. The fraction of sp³-hybridized carbons (Fsp3) is 0.148. The Balaban J connectivity index is 1.50. The number of hydrogen-bond acceptors (Lipinski definition) is 7. The molecule has 1 N–H and O–H groups in total. The molecule has 9 nitrogen and oxygen atoms in total. The average Bonchev–Trinajstić information content (AvgIpc) is 2.91. The van der Waals surface area contributed by atoms with Gasteiger partial charge in [-0.25, -0.2) is 9.69 Å². The van der Waals surface area contributed by atoms with Crippen molar-refractivity contribution in [1.82, 2.24) is 5.32 Å². The number of anilines is 1. The Morgan fingerprint density at radius 1 is 0.895 bits per heavy atom. The first-order valence-electron chi connectivity index (χ1n) is 11.2. The summed E-state index contributed by atoms with van der Waals surface area (Å²) in [6.45, 7) is 0.497. The van der Waals surface area contributed by atoms with E-state index in [4.69, 9.17) is 30.5 Å². The number of imide groups is 2. The first kappa shape index (κ1) is 27.0. The third-order valence-corrected chi connectivity index (χ3v) is 6.25. The second-order valence-corrected chi connectivity index (χ2v) is 9.13. The van der Waals surface area contributed by atoms with E-state index in [2.05, 4.69) is 21.2 Å². The molecule has 0 bridgehead atoms. The zero-order valence-corrected chi connectivity index (χ0v) is 22.7. The molecule has 38 heavy (non-hydrogen) atoms. The molecule has 3 aromatic rings. The number of carbonyl (C=O) groups is 3. The third kappa shape index (κ3) is 6.09. The number of carbonyl (C=O) groups excluding carboxylic acids is 3. The number of amides is 4. The van der Waals surface area contributed by atoms with Gasteiger partial charge in [-0.1, -0.05) is 11.6 Å². The molecule has 11 heteroatoms. The molecule has 196 valence electrons. The van der Waals surface area contributed by atoms with Crippen LogP contribution in [0.1, 0.15) is 5.56 Å². The van der Waals surface area contributed by atoms with Crippen LogP contribution in [0.25, 0.3) is 6.08 Å². The van der Waals surface area contributed by atoms with Crippen LogP contribution in [-0.2, 0) is 9.59 Å². The summed E-state index contributed by atoms with van der Waals surface area (Å²) in [6.07, 6.45) is 1.37. The molecule has 0 atom stereocenters. The van der Waals surface area contributed by atoms with Gasteiger partial charge in [-0.15, -0.1) is 0 Å². The van der Waals surface area contributed by atoms with Crippen LogP contribution in [0.5, 0.6) is 23.0 Å². The van der Waals surface area contributed by atoms with Crippen LogP contribution < -0.4 is 29.2 Å². The van der Waals surface area contributed by atoms with E-state index in [1.54, 1.807) is 55.6 Å². The number of nitrogens with one attached hydrogen (secondary N) is 1. The average molecular weight is 602 g/mol. The smallest absolute Gasteiger partial charge is 0.335 e. The zero-order valence-electron chi connectivity index (χ0n) is 20.3. The van der Waals surface area contributed by atoms with Crippen LogP contribution in [-0.4, -0.2) is 45.3 Å². The molecule has 1 fully saturated rings. The van der Waals surface area contributed by atoms with Gasteiger partial charge in [0, 0.05) is 5.02 Å². The first-order valence-corrected chi connectivity index (χ1v) is 12.4. The highest BCUT2D eigenvalue weighted by molar-refractivity contribution is 9.10. The lowest BCUT2D eigenvalue weighted by atomic mass is 10.1. The highest BCUT2D eigenvalue weighted by Crippen LogP contribution is 2.37. The van der Waals surface area contributed by atoms with Crippen LogP contribution in [0, 0.1) is 0 Å². The lowest BCUT2D eigenvalue weighted by Gasteiger charge is -2.26. The summed E-state index contributed by atoms with van der Waals surface area (Å²) >= 11 is 9.37. The SMILES string of the molecule is COc1ccc(OCCOc2c(Br)cc(/C=C3/C(=O)NC(=O)N(c4ccc(Cl)cc4)C3=O)cc2OC)cc1. The molecular weight excluding hydrogens is 580 g/mol. The van der Waals surface area contributed by atoms with Crippen LogP contribution in [0.2, 0.25) is 5.02 Å². The van der Waals surface area contributed by atoms with Gasteiger partial charge in [-0.3, -0.25) is 14.9 Å². The van der Waals surface area contributed by atoms with E-state index in [1.807, 2.05) is 0 Å². The Labute approximate surface area is 232 Å². The van der Waals surface area contributed by atoms with Crippen LogP contribution in [0.15, 0.2) is 70.7 Å². The number of ether oxygens (including phenoxy) is 4. The standard InChI is InChI=1S/C27H22BrClN2O7/c1-35-19-7-9-20(10-8-19)37-11-12-38-24-22(28)14-16(15-23(24)36-2)13-21-25(32)30-27(34)31(26(21)33)18-5-3-17(29)4-6-18/h3-10,13-15H,11-12H2,1-2H3,(H,30,32,34)/b21-13-. The minimum Gasteiger partial charge on any atom is -0.497 e. The summed E-state index contributed by atoms with van der Waals surface area (Å²) in [4.78, 5) is 38.9. The van der Waals surface area contributed by atoms with E-state index < -0.39 is 17.8 Å². The molecule has 0 aromatic heterocycles. The molecular formula is C27H22BrClN2O7. The van der Waals surface area contributed by atoms with Crippen molar-refractivity contribution in [3.05, 3.63) is 81.3 Å². The van der Waals surface area contributed by atoms with Crippen LogP contribution in [0.4, 0.5) is 10.5 Å². The third-order valence-electron chi connectivity index (χ3n) is 5.41. The molecule has 0 saturated carbocycles. The quantitative estimate of drug-likeness (QED) is 0.203. The summed E-state index contributed by atoms with van der Waals surface area (Å²) in [5.41, 5.74) is 0.518. The molecule has 0 unspecified atom stereocenters. The molecule has 3 aromatic carbocycles. The van der Waals surface area contributed by atoms with Crippen molar-refractivity contribution in [2.75, 3.05) is 32.3 Å². The van der Waals surface area contributed by atoms with E-state index in [0.29, 0.717) is 32.3 Å². The number of hydrogen-bond donors (Lipinski definition) is 1. The zero-order chi connectivity index (χ0) is 27.2. The summed E-state index contributed by atoms with van der Waals surface area (Å²) in [5.74, 6) is 0.608. The molecule has 1 heterocycles. The van der Waals surface area contributed by atoms with Crippen LogP contribution in [0.3, 0.4) is 0 Å². The lowest BCUT2D eigenvalue weighted by Crippen LogP contribution is -2.54. The van der Waals surface area contributed by atoms with E-state index >= 15 is 0 Å². The molecule has 1 saturated heterocycles. The van der Waals surface area contributed by atoms with Gasteiger partial charge in [0.05, 0.1) is 24.4 Å². The number of benzene rings is 3. The van der Waals surface area contributed by atoms with Crippen LogP contribution >= 0.6 is 27.5 Å².